The summed E-state index contributed by atoms with van der Waals surface area (Å²) in [5, 5.41) is -5.51. The minimum Gasteiger partial charge on any atom is -0.221 e. The molecule has 0 aromatic heterocycles. The molecule has 0 nitrogen and oxygen atoms in total. The first-order valence-electron chi connectivity index (χ1n) is 3.14. The van der Waals surface area contributed by atoms with E-state index in [4.69, 9.17) is 0 Å². The Hall–Kier alpha value is -0.340. The van der Waals surface area contributed by atoms with Crippen LogP contribution in [0.25, 0.3) is 0 Å². The van der Waals surface area contributed by atoms with Gasteiger partial charge in [0.15, 0.2) is 0 Å². The summed E-state index contributed by atoms with van der Waals surface area (Å²) in [5.74, 6) is -12.2. The molecule has 1 rings (SSSR count). The summed E-state index contributed by atoms with van der Waals surface area (Å²) in [6.07, 6.45) is -6.55. The Kier molecular flexibility index (Phi) is 2.11. The van der Waals surface area contributed by atoms with Crippen molar-refractivity contribution in [2.75, 3.05) is 0 Å². The summed E-state index contributed by atoms with van der Waals surface area (Å²) in [6, 6.07) is 0. The van der Waals surface area contributed by atoms with Gasteiger partial charge in [-0.1, -0.05) is 11.6 Å². The maximum Gasteiger partial charge on any atom is 0.433 e. The van der Waals surface area contributed by atoms with Crippen molar-refractivity contribution in [3.8, 4) is 0 Å². The van der Waals surface area contributed by atoms with Crippen molar-refractivity contribution < 1.29 is 39.5 Å². The van der Waals surface area contributed by atoms with Crippen LogP contribution in [0.2, 0.25) is 0 Å². The van der Waals surface area contributed by atoms with Crippen molar-refractivity contribution in [2.24, 2.45) is 0 Å². The van der Waals surface area contributed by atoms with E-state index in [0.717, 1.165) is 0 Å². The molecule has 0 aromatic carbocycles. The number of halogens is 10. The average molecular weight is 266 g/mol. The van der Waals surface area contributed by atoms with E-state index in [-0.39, 0.29) is 0 Å². The van der Waals surface area contributed by atoms with Crippen LogP contribution in [0.15, 0.2) is 0 Å². The molecule has 0 heterocycles. The highest BCUT2D eigenvalue weighted by atomic mass is 35.5. The van der Waals surface area contributed by atoms with E-state index in [1.165, 1.54) is 0 Å². The van der Waals surface area contributed by atoms with Gasteiger partial charge >= 0.3 is 28.8 Å². The molecule has 1 saturated carbocycles. The second-order valence-electron chi connectivity index (χ2n) is 2.88. The highest BCUT2D eigenvalue weighted by Crippen LogP contribution is 2.73. The Balaban J connectivity index is 3.36. The monoisotopic (exact) mass is 266 g/mol. The molecule has 0 bridgehead atoms. The molecule has 0 spiro atoms. The molecule has 0 unspecified atom stereocenters. The van der Waals surface area contributed by atoms with Crippen LogP contribution in [0, 0.1) is 0 Å². The lowest BCUT2D eigenvalue weighted by atomic mass is 9.70. The van der Waals surface area contributed by atoms with Gasteiger partial charge in [-0.3, -0.25) is 0 Å². The molecule has 10 heteroatoms. The normalized spacial score (nSPS) is 43.6. The predicted molar refractivity (Wildman–Crippen MR) is 29.5 cm³/mol. The molecular formula is C5ClF9. The van der Waals surface area contributed by atoms with Crippen LogP contribution in [0.5, 0.6) is 0 Å². The molecule has 15 heavy (non-hydrogen) atoms. The zero-order valence-corrected chi connectivity index (χ0v) is 7.04. The fourth-order valence-corrected chi connectivity index (χ4v) is 1.47. The minimum absolute atomic E-state index is 3.88. The molecular weight excluding hydrogens is 266 g/mol. The molecule has 90 valence electrons. The second-order valence-corrected chi connectivity index (χ2v) is 3.40. The highest BCUT2D eigenvalue weighted by molar-refractivity contribution is 6.25. The van der Waals surface area contributed by atoms with E-state index >= 15 is 0 Å². The molecule has 1 aliphatic carbocycles. The Morgan fingerprint density at radius 1 is 0.733 bits per heavy atom. The fourth-order valence-electron chi connectivity index (χ4n) is 1.12. The molecule has 0 radical (unpaired) electrons. The van der Waals surface area contributed by atoms with Crippen LogP contribution in [-0.2, 0) is 0 Å². The third kappa shape index (κ3) is 0.931. The Morgan fingerprint density at radius 2 is 1.07 bits per heavy atom. The van der Waals surface area contributed by atoms with Gasteiger partial charge in [0, 0.05) is 0 Å². The number of rotatable bonds is 0. The van der Waals surface area contributed by atoms with Crippen molar-refractivity contribution in [2.45, 2.75) is 28.8 Å². The van der Waals surface area contributed by atoms with Crippen LogP contribution in [0.1, 0.15) is 0 Å². The quantitative estimate of drug-likeness (QED) is 0.465. The van der Waals surface area contributed by atoms with Crippen LogP contribution in [0.3, 0.4) is 0 Å². The topological polar surface area (TPSA) is 0 Å². The molecule has 0 aromatic rings. The van der Waals surface area contributed by atoms with Gasteiger partial charge in [-0.25, -0.2) is 8.78 Å². The third-order valence-electron chi connectivity index (χ3n) is 2.04. The van der Waals surface area contributed by atoms with Crippen LogP contribution >= 0.6 is 11.6 Å². The Labute approximate surface area is 81.0 Å². The van der Waals surface area contributed by atoms with E-state index in [9.17, 15) is 39.5 Å². The van der Waals surface area contributed by atoms with Crippen molar-refractivity contribution in [3.63, 3.8) is 0 Å². The first-order chi connectivity index (χ1) is 6.25. The van der Waals surface area contributed by atoms with Gasteiger partial charge in [-0.15, -0.1) is 0 Å². The second kappa shape index (κ2) is 2.49. The van der Waals surface area contributed by atoms with Crippen LogP contribution in [0.4, 0.5) is 39.5 Å². The number of alkyl halides is 10. The maximum atomic E-state index is 12.6. The van der Waals surface area contributed by atoms with Crippen molar-refractivity contribution in [1.29, 1.82) is 0 Å². The summed E-state index contributed by atoms with van der Waals surface area (Å²) < 4.78 is 109. The summed E-state index contributed by atoms with van der Waals surface area (Å²) in [7, 11) is 0. The van der Waals surface area contributed by atoms with Crippen molar-refractivity contribution in [1.82, 2.24) is 0 Å². The first kappa shape index (κ1) is 12.7. The van der Waals surface area contributed by atoms with Gasteiger partial charge in [-0.05, 0) is 0 Å². The van der Waals surface area contributed by atoms with E-state index < -0.39 is 28.8 Å². The lowest BCUT2D eigenvalue weighted by Crippen LogP contribution is -2.88. The Morgan fingerprint density at radius 3 is 1.20 bits per heavy atom. The van der Waals surface area contributed by atoms with E-state index in [1.807, 2.05) is 0 Å². The molecule has 0 N–H and O–H groups in total. The number of hydrogen-bond donors (Lipinski definition) is 0. The summed E-state index contributed by atoms with van der Waals surface area (Å²) in [5.41, 5.74) is -6.10. The van der Waals surface area contributed by atoms with E-state index in [0.29, 0.717) is 0 Å². The smallest absolute Gasteiger partial charge is 0.221 e. The molecule has 0 amide bonds. The third-order valence-corrected chi connectivity index (χ3v) is 2.54. The van der Waals surface area contributed by atoms with Gasteiger partial charge in [-0.2, -0.15) is 30.7 Å². The van der Waals surface area contributed by atoms with Crippen molar-refractivity contribution in [3.05, 3.63) is 0 Å². The molecule has 1 fully saturated rings. The fraction of sp³-hybridized carbons (Fsp3) is 1.00. The van der Waals surface area contributed by atoms with Crippen LogP contribution in [-0.4, -0.2) is 28.8 Å². The summed E-state index contributed by atoms with van der Waals surface area (Å²) >= 11 is 3.88. The Bertz CT molecular complexity index is 271. The SMILES string of the molecule is FC(F)(F)[C@@]1(F)C(F)(F)C(F)(F)[C@]1(F)Cl. The zero-order chi connectivity index (χ0) is 12.5. The minimum atomic E-state index is -6.55. The van der Waals surface area contributed by atoms with Crippen molar-refractivity contribution >= 4 is 11.6 Å². The van der Waals surface area contributed by atoms with Crippen LogP contribution < -0.4 is 0 Å². The van der Waals surface area contributed by atoms with Gasteiger partial charge in [0.2, 0.25) is 0 Å². The average Bonchev–Trinajstić information content (AvgIpc) is 1.98. The molecule has 0 saturated heterocycles. The van der Waals surface area contributed by atoms with Gasteiger partial charge in [0.05, 0.1) is 0 Å². The molecule has 1 aliphatic rings. The molecule has 0 aliphatic heterocycles. The first-order valence-corrected chi connectivity index (χ1v) is 3.52. The molecule has 2 atom stereocenters. The standard InChI is InChI=1S/C5ClF9/c6-2(8)1(7,5(13,14)15)3(9,10)4(2,11)12/t1-,2-/m0/s1. The summed E-state index contributed by atoms with van der Waals surface area (Å²) in [4.78, 5) is 0. The predicted octanol–water partition coefficient (Wildman–Crippen LogP) is 3.45. The van der Waals surface area contributed by atoms with Gasteiger partial charge < -0.3 is 0 Å². The van der Waals surface area contributed by atoms with Gasteiger partial charge in [0.1, 0.15) is 0 Å². The lowest BCUT2D eigenvalue weighted by Gasteiger charge is -2.55. The largest absolute Gasteiger partial charge is 0.433 e. The lowest BCUT2D eigenvalue weighted by molar-refractivity contribution is -0.469. The highest BCUT2D eigenvalue weighted by Gasteiger charge is 3.04. The summed E-state index contributed by atoms with van der Waals surface area (Å²) in [6.45, 7) is 0. The maximum absolute atomic E-state index is 12.6. The van der Waals surface area contributed by atoms with E-state index in [2.05, 4.69) is 11.6 Å². The number of hydrogen-bond acceptors (Lipinski definition) is 0. The zero-order valence-electron chi connectivity index (χ0n) is 6.28. The van der Waals surface area contributed by atoms with Gasteiger partial charge in [0.25, 0.3) is 0 Å². The van der Waals surface area contributed by atoms with E-state index in [1.54, 1.807) is 0 Å².